The molecule has 3 heteroatoms. The second kappa shape index (κ2) is 9.15. The van der Waals surface area contributed by atoms with Crippen LogP contribution in [0, 0.1) is 0 Å². The summed E-state index contributed by atoms with van der Waals surface area (Å²) in [5.41, 5.74) is 0. The van der Waals surface area contributed by atoms with Crippen LogP contribution in [0.1, 0.15) is 64.6 Å². The van der Waals surface area contributed by atoms with E-state index < -0.39 is 0 Å². The van der Waals surface area contributed by atoms with E-state index >= 15 is 0 Å². The minimum absolute atomic E-state index is 0.233. The molecule has 0 radical (unpaired) electrons. The molecule has 104 valence electrons. The van der Waals surface area contributed by atoms with E-state index in [1.807, 2.05) is 12.4 Å². The highest BCUT2D eigenvalue weighted by molar-refractivity contribution is 4.93. The number of aliphatic hydroxyl groups is 1. The standard InChI is InChI=1S/C15H28N2O/c1-3-5-6-7-8-9-10-14(18)13-15-16-11-12-17(15)4-2/h11-12,14,18H,3-10,13H2,1-2H3. The van der Waals surface area contributed by atoms with Crippen molar-refractivity contribution in [2.24, 2.45) is 0 Å². The van der Waals surface area contributed by atoms with Gasteiger partial charge in [0.25, 0.3) is 0 Å². The molecule has 0 saturated heterocycles. The number of aliphatic hydroxyl groups excluding tert-OH is 1. The second-order valence-electron chi connectivity index (χ2n) is 5.04. The summed E-state index contributed by atoms with van der Waals surface area (Å²) in [5.74, 6) is 1.01. The molecule has 0 saturated carbocycles. The van der Waals surface area contributed by atoms with Gasteiger partial charge in [0, 0.05) is 25.4 Å². The molecule has 1 N–H and O–H groups in total. The van der Waals surface area contributed by atoms with Crippen LogP contribution < -0.4 is 0 Å². The predicted molar refractivity (Wildman–Crippen MR) is 75.6 cm³/mol. The molecule has 0 bridgehead atoms. The Morgan fingerprint density at radius 3 is 2.61 bits per heavy atom. The fourth-order valence-electron chi connectivity index (χ4n) is 2.29. The summed E-state index contributed by atoms with van der Waals surface area (Å²) in [7, 11) is 0. The Kier molecular flexibility index (Phi) is 7.74. The molecule has 0 amide bonds. The number of imidazole rings is 1. The maximum absolute atomic E-state index is 9.99. The number of aryl methyl sites for hydroxylation is 1. The van der Waals surface area contributed by atoms with Crippen LogP contribution >= 0.6 is 0 Å². The Labute approximate surface area is 111 Å². The van der Waals surface area contributed by atoms with E-state index in [4.69, 9.17) is 0 Å². The molecule has 3 nitrogen and oxygen atoms in total. The lowest BCUT2D eigenvalue weighted by molar-refractivity contribution is 0.157. The molecule has 1 aromatic heterocycles. The zero-order chi connectivity index (χ0) is 13.2. The zero-order valence-corrected chi connectivity index (χ0v) is 11.9. The zero-order valence-electron chi connectivity index (χ0n) is 11.9. The van der Waals surface area contributed by atoms with Gasteiger partial charge < -0.3 is 9.67 Å². The summed E-state index contributed by atoms with van der Waals surface area (Å²) in [4.78, 5) is 4.30. The fraction of sp³-hybridized carbons (Fsp3) is 0.800. The first-order valence-corrected chi connectivity index (χ1v) is 7.46. The molecule has 0 fully saturated rings. The number of rotatable bonds is 10. The topological polar surface area (TPSA) is 38.1 Å². The first-order valence-electron chi connectivity index (χ1n) is 7.46. The summed E-state index contributed by atoms with van der Waals surface area (Å²) >= 11 is 0. The molecule has 1 unspecified atom stereocenters. The molecule has 1 heterocycles. The van der Waals surface area contributed by atoms with Gasteiger partial charge in [-0.15, -0.1) is 0 Å². The van der Waals surface area contributed by atoms with Crippen molar-refractivity contribution in [2.75, 3.05) is 0 Å². The van der Waals surface area contributed by atoms with E-state index in [0.717, 1.165) is 25.2 Å². The molecule has 0 aliphatic rings. The van der Waals surface area contributed by atoms with Crippen LogP contribution in [-0.2, 0) is 13.0 Å². The van der Waals surface area contributed by atoms with E-state index in [9.17, 15) is 5.11 Å². The van der Waals surface area contributed by atoms with Crippen LogP contribution in [0.15, 0.2) is 12.4 Å². The number of aromatic nitrogens is 2. The van der Waals surface area contributed by atoms with E-state index in [1.54, 1.807) is 0 Å². The highest BCUT2D eigenvalue weighted by Crippen LogP contribution is 2.11. The van der Waals surface area contributed by atoms with E-state index in [-0.39, 0.29) is 6.10 Å². The lowest BCUT2D eigenvalue weighted by Crippen LogP contribution is -2.14. The summed E-state index contributed by atoms with van der Waals surface area (Å²) in [5, 5.41) is 9.99. The van der Waals surface area contributed by atoms with Gasteiger partial charge in [0.1, 0.15) is 5.82 Å². The Balaban J connectivity index is 2.12. The third-order valence-corrected chi connectivity index (χ3v) is 3.45. The van der Waals surface area contributed by atoms with Crippen LogP contribution in [0.25, 0.3) is 0 Å². The Morgan fingerprint density at radius 2 is 1.89 bits per heavy atom. The Hall–Kier alpha value is -0.830. The van der Waals surface area contributed by atoms with E-state index in [1.165, 1.54) is 32.1 Å². The van der Waals surface area contributed by atoms with Crippen LogP contribution in [0.4, 0.5) is 0 Å². The Bertz CT molecular complexity index is 309. The molecule has 18 heavy (non-hydrogen) atoms. The lowest BCUT2D eigenvalue weighted by Gasteiger charge is -2.11. The molecule has 0 aromatic carbocycles. The summed E-state index contributed by atoms with van der Waals surface area (Å²) in [6, 6.07) is 0. The molecular weight excluding hydrogens is 224 g/mol. The van der Waals surface area contributed by atoms with Crippen molar-refractivity contribution in [3.8, 4) is 0 Å². The normalized spacial score (nSPS) is 12.8. The van der Waals surface area contributed by atoms with Gasteiger partial charge in [0.05, 0.1) is 6.10 Å². The van der Waals surface area contributed by atoms with Crippen molar-refractivity contribution in [3.63, 3.8) is 0 Å². The highest BCUT2D eigenvalue weighted by Gasteiger charge is 2.09. The van der Waals surface area contributed by atoms with Gasteiger partial charge in [0.2, 0.25) is 0 Å². The van der Waals surface area contributed by atoms with Crippen molar-refractivity contribution in [1.29, 1.82) is 0 Å². The predicted octanol–water partition coefficient (Wildman–Crippen LogP) is 3.56. The molecule has 1 aromatic rings. The molecule has 1 rings (SSSR count). The largest absolute Gasteiger partial charge is 0.393 e. The lowest BCUT2D eigenvalue weighted by atomic mass is 10.1. The SMILES string of the molecule is CCCCCCCCC(O)Cc1nccn1CC. The number of hydrogen-bond acceptors (Lipinski definition) is 2. The van der Waals surface area contributed by atoms with Crippen molar-refractivity contribution in [2.45, 2.75) is 77.9 Å². The highest BCUT2D eigenvalue weighted by atomic mass is 16.3. The van der Waals surface area contributed by atoms with Gasteiger partial charge in [-0.25, -0.2) is 4.98 Å². The molecule has 0 aliphatic heterocycles. The monoisotopic (exact) mass is 252 g/mol. The quantitative estimate of drug-likeness (QED) is 0.647. The maximum atomic E-state index is 9.99. The van der Waals surface area contributed by atoms with Gasteiger partial charge in [0.15, 0.2) is 0 Å². The minimum atomic E-state index is -0.233. The van der Waals surface area contributed by atoms with E-state index in [2.05, 4.69) is 23.4 Å². The van der Waals surface area contributed by atoms with Crippen LogP contribution in [0.2, 0.25) is 0 Å². The van der Waals surface area contributed by atoms with Crippen molar-refractivity contribution < 1.29 is 5.11 Å². The van der Waals surface area contributed by atoms with E-state index in [0.29, 0.717) is 6.42 Å². The third kappa shape index (κ3) is 5.67. The Morgan fingerprint density at radius 1 is 1.17 bits per heavy atom. The molecular formula is C15H28N2O. The van der Waals surface area contributed by atoms with Crippen molar-refractivity contribution >= 4 is 0 Å². The van der Waals surface area contributed by atoms with Gasteiger partial charge in [-0.2, -0.15) is 0 Å². The smallest absolute Gasteiger partial charge is 0.111 e. The first-order chi connectivity index (χ1) is 8.77. The average molecular weight is 252 g/mol. The summed E-state index contributed by atoms with van der Waals surface area (Å²) in [6.07, 6.45) is 12.8. The fourth-order valence-corrected chi connectivity index (χ4v) is 2.29. The second-order valence-corrected chi connectivity index (χ2v) is 5.04. The average Bonchev–Trinajstić information content (AvgIpc) is 2.80. The summed E-state index contributed by atoms with van der Waals surface area (Å²) in [6.45, 7) is 5.27. The maximum Gasteiger partial charge on any atom is 0.111 e. The van der Waals surface area contributed by atoms with Gasteiger partial charge >= 0.3 is 0 Å². The van der Waals surface area contributed by atoms with Crippen LogP contribution in [0.5, 0.6) is 0 Å². The number of nitrogens with zero attached hydrogens (tertiary/aromatic N) is 2. The number of unbranched alkanes of at least 4 members (excludes halogenated alkanes) is 5. The van der Waals surface area contributed by atoms with Crippen LogP contribution in [-0.4, -0.2) is 20.8 Å². The molecule has 1 atom stereocenters. The van der Waals surface area contributed by atoms with Gasteiger partial charge in [-0.1, -0.05) is 45.4 Å². The first kappa shape index (κ1) is 15.2. The van der Waals surface area contributed by atoms with Gasteiger partial charge in [-0.3, -0.25) is 0 Å². The molecule has 0 spiro atoms. The minimum Gasteiger partial charge on any atom is -0.393 e. The van der Waals surface area contributed by atoms with Crippen molar-refractivity contribution in [3.05, 3.63) is 18.2 Å². The van der Waals surface area contributed by atoms with Crippen LogP contribution in [0.3, 0.4) is 0 Å². The van der Waals surface area contributed by atoms with Gasteiger partial charge in [-0.05, 0) is 13.3 Å². The van der Waals surface area contributed by atoms with Crippen molar-refractivity contribution in [1.82, 2.24) is 9.55 Å². The summed E-state index contributed by atoms with van der Waals surface area (Å²) < 4.78 is 2.10. The number of hydrogen-bond donors (Lipinski definition) is 1. The molecule has 0 aliphatic carbocycles. The third-order valence-electron chi connectivity index (χ3n) is 3.45.